The highest BCUT2D eigenvalue weighted by molar-refractivity contribution is 5.33. The Morgan fingerprint density at radius 2 is 1.95 bits per heavy atom. The van der Waals surface area contributed by atoms with Crippen molar-refractivity contribution in [2.45, 2.75) is 32.3 Å². The first-order chi connectivity index (χ1) is 9.49. The maximum absolute atomic E-state index is 14.0. The first-order valence-corrected chi connectivity index (χ1v) is 6.71. The Morgan fingerprint density at radius 3 is 2.60 bits per heavy atom. The molecule has 1 heterocycles. The molecule has 1 aliphatic rings. The van der Waals surface area contributed by atoms with Crippen molar-refractivity contribution in [1.82, 2.24) is 0 Å². The Morgan fingerprint density at radius 1 is 1.25 bits per heavy atom. The molecule has 2 nitrogen and oxygen atoms in total. The molecule has 1 saturated carbocycles. The fourth-order valence-electron chi connectivity index (χ4n) is 2.50. The predicted molar refractivity (Wildman–Crippen MR) is 70.4 cm³/mol. The van der Waals surface area contributed by atoms with Gasteiger partial charge in [-0.05, 0) is 43.0 Å². The molecule has 106 valence electrons. The Balaban J connectivity index is 1.94. The van der Waals surface area contributed by atoms with Gasteiger partial charge in [0.1, 0.15) is 29.3 Å². The summed E-state index contributed by atoms with van der Waals surface area (Å²) in [4.78, 5) is 0. The van der Waals surface area contributed by atoms with E-state index in [4.69, 9.17) is 4.42 Å². The van der Waals surface area contributed by atoms with E-state index in [1.54, 1.807) is 12.1 Å². The van der Waals surface area contributed by atoms with Crippen LogP contribution in [-0.2, 0) is 0 Å². The van der Waals surface area contributed by atoms with Crippen molar-refractivity contribution in [2.24, 2.45) is 5.92 Å². The maximum atomic E-state index is 14.0. The minimum absolute atomic E-state index is 0.183. The van der Waals surface area contributed by atoms with Gasteiger partial charge in [0, 0.05) is 5.92 Å². The largest absolute Gasteiger partial charge is 0.463 e. The second-order valence-corrected chi connectivity index (χ2v) is 5.55. The summed E-state index contributed by atoms with van der Waals surface area (Å²) >= 11 is 0. The van der Waals surface area contributed by atoms with Crippen molar-refractivity contribution in [3.05, 3.63) is 58.5 Å². The first kappa shape index (κ1) is 13.3. The summed E-state index contributed by atoms with van der Waals surface area (Å²) in [5.41, 5.74) is -0.0576. The average molecular weight is 278 g/mol. The van der Waals surface area contributed by atoms with Crippen LogP contribution in [0.2, 0.25) is 0 Å². The van der Waals surface area contributed by atoms with E-state index in [0.29, 0.717) is 17.4 Å². The molecule has 1 fully saturated rings. The summed E-state index contributed by atoms with van der Waals surface area (Å²) in [7, 11) is 0. The molecule has 1 aliphatic carbocycles. The fraction of sp³-hybridized carbons (Fsp3) is 0.375. The van der Waals surface area contributed by atoms with E-state index in [1.165, 1.54) is 13.0 Å². The molecule has 1 N–H and O–H groups in total. The number of rotatable bonds is 3. The Hall–Kier alpha value is -1.68. The molecule has 2 aromatic rings. The van der Waals surface area contributed by atoms with E-state index in [0.717, 1.165) is 18.2 Å². The summed E-state index contributed by atoms with van der Waals surface area (Å²) in [6, 6.07) is 5.87. The van der Waals surface area contributed by atoms with Gasteiger partial charge in [-0.2, -0.15) is 0 Å². The quantitative estimate of drug-likeness (QED) is 0.918. The molecule has 0 aliphatic heterocycles. The van der Waals surface area contributed by atoms with Gasteiger partial charge in [0.15, 0.2) is 0 Å². The van der Waals surface area contributed by atoms with Crippen LogP contribution in [0.25, 0.3) is 0 Å². The number of halogens is 2. The van der Waals surface area contributed by atoms with Gasteiger partial charge in [0.05, 0.1) is 5.56 Å². The lowest BCUT2D eigenvalue weighted by molar-refractivity contribution is 0.177. The van der Waals surface area contributed by atoms with Crippen LogP contribution < -0.4 is 0 Å². The monoisotopic (exact) mass is 278 g/mol. The number of aryl methyl sites for hydroxylation is 1. The molecule has 4 heteroatoms. The fourth-order valence-corrected chi connectivity index (χ4v) is 2.50. The molecule has 20 heavy (non-hydrogen) atoms. The van der Waals surface area contributed by atoms with E-state index >= 15 is 0 Å². The van der Waals surface area contributed by atoms with Crippen molar-refractivity contribution in [2.75, 3.05) is 0 Å². The van der Waals surface area contributed by atoms with Crippen molar-refractivity contribution < 1.29 is 18.3 Å². The molecular formula is C16H16F2O2. The standard InChI is InChI=1S/C16H16F2O2/c1-8-3-4-11(17)14(15(8)18)16(19)13-6-5-12(20-13)10-7-9(10)2/h3-6,9-10,16,19H,7H2,1-2H3. The molecular weight excluding hydrogens is 262 g/mol. The van der Waals surface area contributed by atoms with Gasteiger partial charge >= 0.3 is 0 Å². The van der Waals surface area contributed by atoms with Gasteiger partial charge in [-0.25, -0.2) is 8.78 Å². The topological polar surface area (TPSA) is 33.4 Å². The van der Waals surface area contributed by atoms with Crippen LogP contribution in [0.5, 0.6) is 0 Å². The molecule has 3 unspecified atom stereocenters. The highest BCUT2D eigenvalue weighted by Crippen LogP contribution is 2.48. The van der Waals surface area contributed by atoms with Crippen molar-refractivity contribution in [1.29, 1.82) is 0 Å². The van der Waals surface area contributed by atoms with E-state index in [1.807, 2.05) is 0 Å². The second kappa shape index (κ2) is 4.70. The molecule has 0 spiro atoms. The number of aliphatic hydroxyl groups excluding tert-OH is 1. The number of hydrogen-bond acceptors (Lipinski definition) is 2. The van der Waals surface area contributed by atoms with Crippen molar-refractivity contribution >= 4 is 0 Å². The van der Waals surface area contributed by atoms with Gasteiger partial charge < -0.3 is 9.52 Å². The number of furan rings is 1. The third-order valence-electron chi connectivity index (χ3n) is 3.99. The van der Waals surface area contributed by atoms with Gasteiger partial charge in [-0.15, -0.1) is 0 Å². The number of benzene rings is 1. The number of hydrogen-bond donors (Lipinski definition) is 1. The smallest absolute Gasteiger partial charge is 0.142 e. The Bertz CT molecular complexity index is 648. The summed E-state index contributed by atoms with van der Waals surface area (Å²) in [6.45, 7) is 3.65. The van der Waals surface area contributed by atoms with Gasteiger partial charge in [-0.3, -0.25) is 0 Å². The van der Waals surface area contributed by atoms with Crippen LogP contribution in [0.15, 0.2) is 28.7 Å². The second-order valence-electron chi connectivity index (χ2n) is 5.55. The molecule has 0 saturated heterocycles. The summed E-state index contributed by atoms with van der Waals surface area (Å²) in [6.07, 6.45) is -0.367. The van der Waals surface area contributed by atoms with E-state index in [2.05, 4.69) is 6.92 Å². The predicted octanol–water partition coefficient (Wildman–Crippen LogP) is 4.07. The Labute approximate surface area is 116 Å². The minimum atomic E-state index is -1.42. The van der Waals surface area contributed by atoms with Crippen molar-refractivity contribution in [3.63, 3.8) is 0 Å². The van der Waals surface area contributed by atoms with Crippen LogP contribution in [0.1, 0.15) is 48.0 Å². The molecule has 0 radical (unpaired) electrons. The zero-order valence-electron chi connectivity index (χ0n) is 11.4. The van der Waals surface area contributed by atoms with Gasteiger partial charge in [0.25, 0.3) is 0 Å². The SMILES string of the molecule is Cc1ccc(F)c(C(O)c2ccc(C3CC3C)o2)c1F. The van der Waals surface area contributed by atoms with Crippen LogP contribution in [0.4, 0.5) is 8.78 Å². The summed E-state index contributed by atoms with van der Waals surface area (Å²) < 4.78 is 33.3. The third-order valence-corrected chi connectivity index (χ3v) is 3.99. The summed E-state index contributed by atoms with van der Waals surface area (Å²) in [5.74, 6) is 0.401. The minimum Gasteiger partial charge on any atom is -0.463 e. The summed E-state index contributed by atoms with van der Waals surface area (Å²) in [5, 5.41) is 10.2. The highest BCUT2D eigenvalue weighted by Gasteiger charge is 2.37. The zero-order valence-corrected chi connectivity index (χ0v) is 11.4. The van der Waals surface area contributed by atoms with E-state index in [9.17, 15) is 13.9 Å². The molecule has 3 rings (SSSR count). The lowest BCUT2D eigenvalue weighted by Crippen LogP contribution is -2.06. The van der Waals surface area contributed by atoms with E-state index in [-0.39, 0.29) is 11.3 Å². The third kappa shape index (κ3) is 2.14. The molecule has 0 bridgehead atoms. The molecule has 3 atom stereocenters. The lowest BCUT2D eigenvalue weighted by atomic mass is 10.0. The van der Waals surface area contributed by atoms with Crippen molar-refractivity contribution in [3.8, 4) is 0 Å². The van der Waals surface area contributed by atoms with E-state index < -0.39 is 17.7 Å². The van der Waals surface area contributed by atoms with Crippen LogP contribution in [0.3, 0.4) is 0 Å². The molecule has 1 aromatic carbocycles. The highest BCUT2D eigenvalue weighted by atomic mass is 19.1. The lowest BCUT2D eigenvalue weighted by Gasteiger charge is -2.12. The van der Waals surface area contributed by atoms with Crippen LogP contribution >= 0.6 is 0 Å². The van der Waals surface area contributed by atoms with Crippen LogP contribution in [-0.4, -0.2) is 5.11 Å². The zero-order chi connectivity index (χ0) is 14.4. The van der Waals surface area contributed by atoms with Gasteiger partial charge in [-0.1, -0.05) is 13.0 Å². The average Bonchev–Trinajstić information content (AvgIpc) is 2.95. The first-order valence-electron chi connectivity index (χ1n) is 6.71. The maximum Gasteiger partial charge on any atom is 0.142 e. The molecule has 0 amide bonds. The van der Waals surface area contributed by atoms with Crippen LogP contribution in [0, 0.1) is 24.5 Å². The molecule has 1 aromatic heterocycles. The normalized spacial score (nSPS) is 22.9. The Kier molecular flexibility index (Phi) is 3.13. The van der Waals surface area contributed by atoms with Gasteiger partial charge in [0.2, 0.25) is 0 Å². The number of aliphatic hydroxyl groups is 1.